The van der Waals surface area contributed by atoms with E-state index >= 15 is 0 Å². The molecule has 0 amide bonds. The lowest BCUT2D eigenvalue weighted by atomic mass is 10.0. The number of imidazole rings is 2. The molecule has 0 spiro atoms. The first-order valence-electron chi connectivity index (χ1n) is 7.04. The normalized spacial score (nSPS) is 22.3. The summed E-state index contributed by atoms with van der Waals surface area (Å²) in [7, 11) is 0.0380. The van der Waals surface area contributed by atoms with Crippen LogP contribution in [0.4, 0.5) is 0 Å². The molecule has 0 aliphatic carbocycles. The lowest BCUT2D eigenvalue weighted by Crippen LogP contribution is -2.31. The zero-order valence-corrected chi connectivity index (χ0v) is 13.3. The van der Waals surface area contributed by atoms with E-state index in [1.807, 2.05) is 17.8 Å². The number of hydrogen-bond acceptors (Lipinski definition) is 5. The Bertz CT molecular complexity index is 751. The Morgan fingerprint density at radius 3 is 2.86 bits per heavy atom. The van der Waals surface area contributed by atoms with Crippen molar-refractivity contribution in [1.82, 2.24) is 23.8 Å². The largest absolute Gasteiger partial charge is 0.370 e. The van der Waals surface area contributed by atoms with Crippen molar-refractivity contribution < 1.29 is 13.2 Å². The molecule has 0 bridgehead atoms. The summed E-state index contributed by atoms with van der Waals surface area (Å²) < 4.78 is 36.3. The molecule has 0 unspecified atom stereocenters. The lowest BCUT2D eigenvalue weighted by Gasteiger charge is -2.18. The summed E-state index contributed by atoms with van der Waals surface area (Å²) in [4.78, 5) is 8.18. The summed E-state index contributed by atoms with van der Waals surface area (Å²) in [5.41, 5.74) is 0. The van der Waals surface area contributed by atoms with Crippen molar-refractivity contribution in [2.24, 2.45) is 20.0 Å². The topological polar surface area (TPSA) is 91.0 Å². The second-order valence-corrected chi connectivity index (χ2v) is 7.18. The van der Waals surface area contributed by atoms with Crippen LogP contribution in [0, 0.1) is 5.92 Å². The molecule has 9 heteroatoms. The van der Waals surface area contributed by atoms with E-state index in [9.17, 15) is 8.42 Å². The quantitative estimate of drug-likeness (QED) is 0.848. The van der Waals surface area contributed by atoms with E-state index in [0.717, 1.165) is 12.2 Å². The van der Waals surface area contributed by atoms with Gasteiger partial charge in [-0.2, -0.15) is 0 Å². The fourth-order valence-corrected chi connectivity index (χ4v) is 3.67. The maximum absolute atomic E-state index is 12.2. The Labute approximate surface area is 129 Å². The van der Waals surface area contributed by atoms with Crippen molar-refractivity contribution in [3.63, 3.8) is 0 Å². The standard InChI is InChI=1S/C13H19N5O3S/c1-17-8-11(15-9-17)22(19,20)16-7-10-3-6-21-12(10)13-14-4-5-18(13)2/h4-5,8-10,12,16H,3,6-7H2,1-2H3/t10-,12+/m0/s1. The molecular formula is C13H19N5O3S. The number of nitrogens with one attached hydrogen (secondary N) is 1. The van der Waals surface area contributed by atoms with Gasteiger partial charge >= 0.3 is 0 Å². The average Bonchev–Trinajstić information content (AvgIpc) is 3.17. The Hall–Kier alpha value is -1.71. The van der Waals surface area contributed by atoms with Gasteiger partial charge in [-0.05, 0) is 6.42 Å². The minimum absolute atomic E-state index is 0.0301. The summed E-state index contributed by atoms with van der Waals surface area (Å²) in [5.74, 6) is 0.874. The molecule has 1 aliphatic rings. The third-order valence-corrected chi connectivity index (χ3v) is 5.13. The fourth-order valence-electron chi connectivity index (χ4n) is 2.60. The molecule has 0 radical (unpaired) electrons. The van der Waals surface area contributed by atoms with Crippen molar-refractivity contribution >= 4 is 10.0 Å². The summed E-state index contributed by atoms with van der Waals surface area (Å²) >= 11 is 0. The number of aryl methyl sites for hydroxylation is 2. The third kappa shape index (κ3) is 2.92. The molecule has 0 aromatic carbocycles. The zero-order chi connectivity index (χ0) is 15.7. The third-order valence-electron chi connectivity index (χ3n) is 3.82. The van der Waals surface area contributed by atoms with Gasteiger partial charge < -0.3 is 13.9 Å². The molecule has 120 valence electrons. The van der Waals surface area contributed by atoms with E-state index in [4.69, 9.17) is 4.74 Å². The van der Waals surface area contributed by atoms with Crippen LogP contribution in [-0.4, -0.2) is 40.7 Å². The molecule has 22 heavy (non-hydrogen) atoms. The highest BCUT2D eigenvalue weighted by Crippen LogP contribution is 2.33. The number of aromatic nitrogens is 4. The van der Waals surface area contributed by atoms with E-state index in [0.29, 0.717) is 13.2 Å². The van der Waals surface area contributed by atoms with Crippen LogP contribution in [0.25, 0.3) is 0 Å². The first-order chi connectivity index (χ1) is 10.5. The maximum Gasteiger partial charge on any atom is 0.259 e. The van der Waals surface area contributed by atoms with Gasteiger partial charge in [0.15, 0.2) is 5.03 Å². The van der Waals surface area contributed by atoms with Crippen molar-refractivity contribution in [3.05, 3.63) is 30.7 Å². The van der Waals surface area contributed by atoms with Gasteiger partial charge in [0.05, 0.1) is 6.33 Å². The van der Waals surface area contributed by atoms with Crippen LogP contribution < -0.4 is 4.72 Å². The number of sulfonamides is 1. The Morgan fingerprint density at radius 2 is 2.23 bits per heavy atom. The first kappa shape index (κ1) is 15.2. The smallest absolute Gasteiger partial charge is 0.259 e. The zero-order valence-electron chi connectivity index (χ0n) is 12.5. The predicted octanol–water partition coefficient (Wildman–Crippen LogP) is 0.210. The van der Waals surface area contributed by atoms with Crippen LogP contribution in [0.1, 0.15) is 18.3 Å². The highest BCUT2D eigenvalue weighted by atomic mass is 32.2. The first-order valence-corrected chi connectivity index (χ1v) is 8.52. The molecule has 1 N–H and O–H groups in total. The summed E-state index contributed by atoms with van der Waals surface area (Å²) in [6.07, 6.45) is 7.11. The van der Waals surface area contributed by atoms with Crippen LogP contribution in [0.15, 0.2) is 29.9 Å². The molecule has 8 nitrogen and oxygen atoms in total. The minimum Gasteiger partial charge on any atom is -0.370 e. The number of rotatable bonds is 5. The minimum atomic E-state index is -3.59. The van der Waals surface area contributed by atoms with Crippen molar-refractivity contribution in [2.45, 2.75) is 17.6 Å². The van der Waals surface area contributed by atoms with E-state index in [1.54, 1.807) is 17.8 Å². The van der Waals surface area contributed by atoms with E-state index in [-0.39, 0.29) is 17.0 Å². The molecule has 0 saturated carbocycles. The SMILES string of the molecule is Cn1cnc(S(=O)(=O)NC[C@@H]2CCO[C@H]2c2nccn2C)c1. The molecule has 2 aromatic heterocycles. The van der Waals surface area contributed by atoms with Gasteiger partial charge in [-0.25, -0.2) is 23.1 Å². The molecule has 3 rings (SSSR count). The molecule has 1 aliphatic heterocycles. The number of ether oxygens (including phenoxy) is 1. The fraction of sp³-hybridized carbons (Fsp3) is 0.538. The van der Waals surface area contributed by atoms with Crippen molar-refractivity contribution in [2.75, 3.05) is 13.2 Å². The summed E-state index contributed by atoms with van der Waals surface area (Å²) in [6, 6.07) is 0. The van der Waals surface area contributed by atoms with Gasteiger partial charge in [0.2, 0.25) is 0 Å². The van der Waals surface area contributed by atoms with Crippen LogP contribution in [0.5, 0.6) is 0 Å². The van der Waals surface area contributed by atoms with E-state index < -0.39 is 10.0 Å². The van der Waals surface area contributed by atoms with E-state index in [1.165, 1.54) is 12.5 Å². The Morgan fingerprint density at radius 1 is 1.41 bits per heavy atom. The van der Waals surface area contributed by atoms with Crippen LogP contribution in [0.3, 0.4) is 0 Å². The highest BCUT2D eigenvalue weighted by Gasteiger charge is 2.33. The van der Waals surface area contributed by atoms with Crippen LogP contribution in [0.2, 0.25) is 0 Å². The summed E-state index contributed by atoms with van der Waals surface area (Å²) in [5, 5.41) is 0.0301. The van der Waals surface area contributed by atoms with Crippen LogP contribution >= 0.6 is 0 Å². The molecular weight excluding hydrogens is 306 g/mol. The molecule has 1 saturated heterocycles. The predicted molar refractivity (Wildman–Crippen MR) is 78.4 cm³/mol. The maximum atomic E-state index is 12.2. The Kier molecular flexibility index (Phi) is 4.02. The molecule has 2 aromatic rings. The van der Waals surface area contributed by atoms with Crippen LogP contribution in [-0.2, 0) is 28.9 Å². The van der Waals surface area contributed by atoms with E-state index in [2.05, 4.69) is 14.7 Å². The Balaban J connectivity index is 1.69. The molecule has 2 atom stereocenters. The van der Waals surface area contributed by atoms with Gasteiger partial charge in [-0.15, -0.1) is 0 Å². The lowest BCUT2D eigenvalue weighted by molar-refractivity contribution is 0.0823. The molecule has 3 heterocycles. The van der Waals surface area contributed by atoms with Gasteiger partial charge in [0.25, 0.3) is 10.0 Å². The van der Waals surface area contributed by atoms with Gasteiger partial charge in [-0.1, -0.05) is 0 Å². The number of nitrogens with zero attached hydrogens (tertiary/aromatic N) is 4. The average molecular weight is 325 g/mol. The van der Waals surface area contributed by atoms with Gasteiger partial charge in [-0.3, -0.25) is 0 Å². The summed E-state index contributed by atoms with van der Waals surface area (Å²) in [6.45, 7) is 0.907. The highest BCUT2D eigenvalue weighted by molar-refractivity contribution is 7.89. The molecule has 1 fully saturated rings. The van der Waals surface area contributed by atoms with Gasteiger partial charge in [0.1, 0.15) is 11.9 Å². The monoisotopic (exact) mass is 325 g/mol. The second-order valence-electron chi connectivity index (χ2n) is 5.47. The number of hydrogen-bond donors (Lipinski definition) is 1. The second kappa shape index (κ2) is 5.82. The van der Waals surface area contributed by atoms with Crippen molar-refractivity contribution in [3.8, 4) is 0 Å². The van der Waals surface area contributed by atoms with Crippen molar-refractivity contribution in [1.29, 1.82) is 0 Å². The van der Waals surface area contributed by atoms with Gasteiger partial charge in [0, 0.05) is 51.8 Å².